The number of hydrogen-bond donors (Lipinski definition) is 1. The molecule has 0 saturated carbocycles. The summed E-state index contributed by atoms with van der Waals surface area (Å²) in [5.41, 5.74) is 12.3. The van der Waals surface area contributed by atoms with Gasteiger partial charge >= 0.3 is 0 Å². The fraction of sp³-hybridized carbons (Fsp3) is 0.0204. The molecule has 0 fully saturated rings. The highest BCUT2D eigenvalue weighted by molar-refractivity contribution is 6.13. The second-order valence-electron chi connectivity index (χ2n) is 13.3. The van der Waals surface area contributed by atoms with Crippen LogP contribution < -0.4 is 10.2 Å². The second kappa shape index (κ2) is 12.5. The molecule has 3 nitrogen and oxygen atoms in total. The molecule has 1 aliphatic heterocycles. The number of nitrogens with one attached hydrogen (secondary N) is 1. The zero-order chi connectivity index (χ0) is 34.4. The first-order valence-corrected chi connectivity index (χ1v) is 17.8. The van der Waals surface area contributed by atoms with E-state index in [0.717, 1.165) is 57.2 Å². The van der Waals surface area contributed by atoms with Gasteiger partial charge in [0.15, 0.2) is 5.76 Å². The number of benzene rings is 8. The third-order valence-corrected chi connectivity index (χ3v) is 10.3. The van der Waals surface area contributed by atoms with E-state index in [1.807, 2.05) is 0 Å². The minimum Gasteiger partial charge on any atom is -0.454 e. The van der Waals surface area contributed by atoms with Gasteiger partial charge in [0, 0.05) is 34.6 Å². The fourth-order valence-electron chi connectivity index (χ4n) is 7.75. The summed E-state index contributed by atoms with van der Waals surface area (Å²) in [6.45, 7) is 0.808. The lowest BCUT2D eigenvalue weighted by atomic mass is 9.93. The molecule has 10 rings (SSSR count). The third kappa shape index (κ3) is 5.14. The third-order valence-electron chi connectivity index (χ3n) is 10.3. The lowest BCUT2D eigenvalue weighted by Crippen LogP contribution is -2.09. The van der Waals surface area contributed by atoms with Crippen LogP contribution in [0.3, 0.4) is 0 Å². The lowest BCUT2D eigenvalue weighted by Gasteiger charge is -2.26. The number of para-hydroxylation sites is 1. The minimum atomic E-state index is 0.808. The molecule has 3 heteroatoms. The molecule has 0 atom stereocenters. The number of fused-ring (bicyclic) bond motifs is 6. The van der Waals surface area contributed by atoms with Crippen molar-refractivity contribution in [2.24, 2.45) is 0 Å². The van der Waals surface area contributed by atoms with Crippen LogP contribution in [0, 0.1) is 0 Å². The number of rotatable bonds is 6. The Balaban J connectivity index is 1.06. The van der Waals surface area contributed by atoms with Crippen molar-refractivity contribution in [3.05, 3.63) is 188 Å². The van der Waals surface area contributed by atoms with Crippen molar-refractivity contribution in [2.45, 2.75) is 0 Å². The minimum absolute atomic E-state index is 0.808. The molecule has 0 aliphatic carbocycles. The Bertz CT molecular complexity index is 2760. The van der Waals surface area contributed by atoms with E-state index in [9.17, 15) is 0 Å². The van der Waals surface area contributed by atoms with Crippen molar-refractivity contribution in [1.29, 1.82) is 0 Å². The van der Waals surface area contributed by atoms with Crippen LogP contribution in [0.1, 0.15) is 5.76 Å². The van der Waals surface area contributed by atoms with Gasteiger partial charge in [0.05, 0.1) is 5.69 Å². The SMILES string of the molecule is C1=Cc2oc3c(-c4ccc(N(c5ccc(-c6ccccc6)cc5)c5ccc(-c6cc7ccccc7c7ccccc67)cc5)cc4)cccc3c2NC1. The summed E-state index contributed by atoms with van der Waals surface area (Å²) in [6.07, 6.45) is 4.16. The topological polar surface area (TPSA) is 28.4 Å². The molecule has 2 heterocycles. The molecule has 0 spiro atoms. The standard InChI is InChI=1S/C49H34N2O/c1-2-10-33(11-3-1)34-19-25-38(26-20-34)51(39-27-21-35(22-28-39)42-16-8-17-45-48-47(52-49(42)45)18-9-31-50-48)40-29-23-36(24-30-40)46-32-37-12-4-5-13-41(37)43-14-6-7-15-44(43)46/h1-30,32,50H,31H2. The van der Waals surface area contributed by atoms with Gasteiger partial charge in [0.25, 0.3) is 0 Å². The van der Waals surface area contributed by atoms with E-state index in [2.05, 4.69) is 198 Å². The van der Waals surface area contributed by atoms with Gasteiger partial charge in [-0.05, 0) is 104 Å². The zero-order valence-electron chi connectivity index (χ0n) is 28.5. The highest BCUT2D eigenvalue weighted by Gasteiger charge is 2.19. The quantitative estimate of drug-likeness (QED) is 0.179. The van der Waals surface area contributed by atoms with Gasteiger partial charge < -0.3 is 14.6 Å². The molecule has 0 bridgehead atoms. The van der Waals surface area contributed by atoms with Gasteiger partial charge in [0.1, 0.15) is 5.58 Å². The molecule has 0 amide bonds. The van der Waals surface area contributed by atoms with Gasteiger partial charge in [-0.25, -0.2) is 0 Å². The van der Waals surface area contributed by atoms with Crippen molar-refractivity contribution in [2.75, 3.05) is 16.8 Å². The van der Waals surface area contributed by atoms with Crippen molar-refractivity contribution in [3.8, 4) is 33.4 Å². The Morgan fingerprint density at radius 1 is 0.442 bits per heavy atom. The summed E-state index contributed by atoms with van der Waals surface area (Å²) in [7, 11) is 0. The molecule has 1 aliphatic rings. The molecular weight excluding hydrogens is 633 g/mol. The van der Waals surface area contributed by atoms with Crippen LogP contribution in [0.4, 0.5) is 22.7 Å². The predicted octanol–water partition coefficient (Wildman–Crippen LogP) is 13.6. The Morgan fingerprint density at radius 3 is 1.71 bits per heavy atom. The number of nitrogens with zero attached hydrogens (tertiary/aromatic N) is 1. The molecule has 8 aromatic carbocycles. The summed E-state index contributed by atoms with van der Waals surface area (Å²) in [5, 5.41) is 9.66. The van der Waals surface area contributed by atoms with E-state index < -0.39 is 0 Å². The highest BCUT2D eigenvalue weighted by atomic mass is 16.3. The van der Waals surface area contributed by atoms with E-state index in [1.54, 1.807) is 0 Å². The number of anilines is 4. The van der Waals surface area contributed by atoms with Crippen LogP contribution in [0.15, 0.2) is 186 Å². The Kier molecular flexibility index (Phi) is 7.21. The van der Waals surface area contributed by atoms with Crippen molar-refractivity contribution < 1.29 is 4.42 Å². The first-order chi connectivity index (χ1) is 25.8. The molecule has 0 saturated heterocycles. The van der Waals surface area contributed by atoms with E-state index in [0.29, 0.717) is 0 Å². The van der Waals surface area contributed by atoms with Gasteiger partial charge in [-0.15, -0.1) is 0 Å². The summed E-state index contributed by atoms with van der Waals surface area (Å²) >= 11 is 0. The normalized spacial score (nSPS) is 12.2. The van der Waals surface area contributed by atoms with E-state index in [4.69, 9.17) is 4.42 Å². The maximum absolute atomic E-state index is 6.38. The van der Waals surface area contributed by atoms with Gasteiger partial charge in [-0.2, -0.15) is 0 Å². The average Bonchev–Trinajstić information content (AvgIpc) is 3.61. The Hall–Kier alpha value is -6.84. The van der Waals surface area contributed by atoms with Crippen LogP contribution >= 0.6 is 0 Å². The smallest absolute Gasteiger partial charge is 0.151 e. The lowest BCUT2D eigenvalue weighted by molar-refractivity contribution is 0.605. The van der Waals surface area contributed by atoms with Gasteiger partial charge in [0.2, 0.25) is 0 Å². The van der Waals surface area contributed by atoms with Gasteiger partial charge in [-0.3, -0.25) is 0 Å². The summed E-state index contributed by atoms with van der Waals surface area (Å²) in [4.78, 5) is 2.34. The van der Waals surface area contributed by atoms with E-state index in [1.165, 1.54) is 43.8 Å². The molecular formula is C49H34N2O. The number of hydrogen-bond acceptors (Lipinski definition) is 3. The summed E-state index contributed by atoms with van der Waals surface area (Å²) in [6, 6.07) is 63.3. The molecule has 0 radical (unpaired) electrons. The van der Waals surface area contributed by atoms with Crippen molar-refractivity contribution in [1.82, 2.24) is 0 Å². The molecule has 1 aromatic heterocycles. The summed E-state index contributed by atoms with van der Waals surface area (Å²) in [5.74, 6) is 0.885. The fourth-order valence-corrected chi connectivity index (χ4v) is 7.75. The largest absolute Gasteiger partial charge is 0.454 e. The second-order valence-corrected chi connectivity index (χ2v) is 13.3. The maximum atomic E-state index is 6.38. The average molecular weight is 667 g/mol. The molecule has 52 heavy (non-hydrogen) atoms. The highest BCUT2D eigenvalue weighted by Crippen LogP contribution is 2.42. The van der Waals surface area contributed by atoms with Crippen LogP contribution in [-0.4, -0.2) is 6.54 Å². The molecule has 1 N–H and O–H groups in total. The monoisotopic (exact) mass is 666 g/mol. The van der Waals surface area contributed by atoms with Gasteiger partial charge in [-0.1, -0.05) is 133 Å². The summed E-state index contributed by atoms with van der Waals surface area (Å²) < 4.78 is 6.38. The molecule has 0 unspecified atom stereocenters. The van der Waals surface area contributed by atoms with E-state index >= 15 is 0 Å². The first-order valence-electron chi connectivity index (χ1n) is 17.8. The zero-order valence-corrected chi connectivity index (χ0v) is 28.5. The first kappa shape index (κ1) is 30.0. The van der Waals surface area contributed by atoms with Crippen LogP contribution in [0.5, 0.6) is 0 Å². The number of furan rings is 1. The Labute approximate surface area is 302 Å². The van der Waals surface area contributed by atoms with Crippen LogP contribution in [-0.2, 0) is 0 Å². The maximum Gasteiger partial charge on any atom is 0.151 e. The van der Waals surface area contributed by atoms with Crippen LogP contribution in [0.2, 0.25) is 0 Å². The molecule has 246 valence electrons. The van der Waals surface area contributed by atoms with Crippen molar-refractivity contribution in [3.63, 3.8) is 0 Å². The molecule has 9 aromatic rings. The van der Waals surface area contributed by atoms with Crippen LogP contribution in [0.25, 0.3) is 72.0 Å². The predicted molar refractivity (Wildman–Crippen MR) is 220 cm³/mol. The Morgan fingerprint density at radius 2 is 1.00 bits per heavy atom. The van der Waals surface area contributed by atoms with E-state index in [-0.39, 0.29) is 0 Å². The van der Waals surface area contributed by atoms with Crippen molar-refractivity contribution >= 4 is 61.3 Å².